The summed E-state index contributed by atoms with van der Waals surface area (Å²) >= 11 is 0. The van der Waals surface area contributed by atoms with Crippen molar-refractivity contribution in [3.63, 3.8) is 0 Å². The molecule has 2 rings (SSSR count). The van der Waals surface area contributed by atoms with Crippen LogP contribution in [-0.4, -0.2) is 5.91 Å². The van der Waals surface area contributed by atoms with E-state index in [2.05, 4.69) is 5.32 Å². The quantitative estimate of drug-likeness (QED) is 0.817. The summed E-state index contributed by atoms with van der Waals surface area (Å²) in [5.41, 5.74) is 6.73. The van der Waals surface area contributed by atoms with Gasteiger partial charge in [-0.25, -0.2) is 8.78 Å². The van der Waals surface area contributed by atoms with Crippen LogP contribution in [0.1, 0.15) is 15.9 Å². The van der Waals surface area contributed by atoms with Crippen LogP contribution >= 0.6 is 0 Å². The number of nitrogen functional groups attached to an aromatic ring is 1. The van der Waals surface area contributed by atoms with Crippen molar-refractivity contribution in [2.45, 2.75) is 6.92 Å². The number of anilines is 2. The van der Waals surface area contributed by atoms with Crippen molar-refractivity contribution in [2.24, 2.45) is 0 Å². The van der Waals surface area contributed by atoms with Gasteiger partial charge >= 0.3 is 0 Å². The number of carbonyl (C=O) groups is 1. The van der Waals surface area contributed by atoms with Crippen LogP contribution in [-0.2, 0) is 0 Å². The minimum absolute atomic E-state index is 0.197. The summed E-state index contributed by atoms with van der Waals surface area (Å²) in [5.74, 6) is -1.57. The minimum Gasteiger partial charge on any atom is -0.399 e. The van der Waals surface area contributed by atoms with Crippen molar-refractivity contribution < 1.29 is 13.6 Å². The molecule has 3 nitrogen and oxygen atoms in total. The zero-order valence-electron chi connectivity index (χ0n) is 10.2. The van der Waals surface area contributed by atoms with Gasteiger partial charge in [0.1, 0.15) is 11.6 Å². The second-order valence-electron chi connectivity index (χ2n) is 4.19. The number of nitrogens with two attached hydrogens (primary N) is 1. The maximum absolute atomic E-state index is 13.1. The van der Waals surface area contributed by atoms with E-state index in [1.165, 1.54) is 18.2 Å². The highest BCUT2D eigenvalue weighted by molar-refractivity contribution is 6.05. The van der Waals surface area contributed by atoms with Gasteiger partial charge in [-0.2, -0.15) is 0 Å². The monoisotopic (exact) mass is 262 g/mol. The predicted molar refractivity (Wildman–Crippen MR) is 69.9 cm³/mol. The molecule has 98 valence electrons. The fourth-order valence-electron chi connectivity index (χ4n) is 1.72. The van der Waals surface area contributed by atoms with E-state index < -0.39 is 17.5 Å². The van der Waals surface area contributed by atoms with Gasteiger partial charge in [0.15, 0.2) is 0 Å². The van der Waals surface area contributed by atoms with Crippen LogP contribution in [0.25, 0.3) is 0 Å². The second-order valence-corrected chi connectivity index (χ2v) is 4.19. The van der Waals surface area contributed by atoms with Gasteiger partial charge in [0, 0.05) is 16.9 Å². The Morgan fingerprint density at radius 1 is 1.11 bits per heavy atom. The largest absolute Gasteiger partial charge is 0.399 e. The first-order valence-electron chi connectivity index (χ1n) is 5.59. The van der Waals surface area contributed by atoms with E-state index in [0.29, 0.717) is 5.56 Å². The lowest BCUT2D eigenvalue weighted by molar-refractivity contribution is 0.102. The topological polar surface area (TPSA) is 55.1 Å². The van der Waals surface area contributed by atoms with Crippen LogP contribution in [0.15, 0.2) is 36.4 Å². The molecule has 1 amide bonds. The van der Waals surface area contributed by atoms with Gasteiger partial charge in [-0.15, -0.1) is 0 Å². The fourth-order valence-corrected chi connectivity index (χ4v) is 1.72. The summed E-state index contributed by atoms with van der Waals surface area (Å²) in [5, 5.41) is 2.48. The predicted octanol–water partition coefficient (Wildman–Crippen LogP) is 3.11. The molecular weight excluding hydrogens is 250 g/mol. The van der Waals surface area contributed by atoms with Gasteiger partial charge in [-0.05, 0) is 42.8 Å². The molecule has 0 bridgehead atoms. The van der Waals surface area contributed by atoms with Gasteiger partial charge in [-0.3, -0.25) is 4.79 Å². The number of nitrogens with one attached hydrogen (secondary N) is 1. The van der Waals surface area contributed by atoms with Crippen molar-refractivity contribution in [1.82, 2.24) is 0 Å². The molecule has 0 unspecified atom stereocenters. The molecule has 19 heavy (non-hydrogen) atoms. The van der Waals surface area contributed by atoms with Crippen LogP contribution in [0.3, 0.4) is 0 Å². The van der Waals surface area contributed by atoms with Gasteiger partial charge in [-0.1, -0.05) is 6.07 Å². The fraction of sp³-hybridized carbons (Fsp3) is 0.0714. The van der Waals surface area contributed by atoms with E-state index in [-0.39, 0.29) is 16.9 Å². The molecule has 2 aromatic rings. The number of amides is 1. The first-order chi connectivity index (χ1) is 8.95. The van der Waals surface area contributed by atoms with Crippen molar-refractivity contribution in [3.8, 4) is 0 Å². The Morgan fingerprint density at radius 2 is 1.84 bits per heavy atom. The lowest BCUT2D eigenvalue weighted by atomic mass is 10.1. The van der Waals surface area contributed by atoms with E-state index >= 15 is 0 Å². The summed E-state index contributed by atoms with van der Waals surface area (Å²) in [4.78, 5) is 12.0. The van der Waals surface area contributed by atoms with Crippen LogP contribution < -0.4 is 11.1 Å². The maximum atomic E-state index is 13.1. The number of benzene rings is 2. The highest BCUT2D eigenvalue weighted by Crippen LogP contribution is 2.18. The summed E-state index contributed by atoms with van der Waals surface area (Å²) in [6.07, 6.45) is 0. The van der Waals surface area contributed by atoms with E-state index in [9.17, 15) is 13.6 Å². The van der Waals surface area contributed by atoms with E-state index in [4.69, 9.17) is 5.73 Å². The molecule has 0 atom stereocenters. The van der Waals surface area contributed by atoms with Crippen LogP contribution in [0.4, 0.5) is 20.2 Å². The smallest absolute Gasteiger partial charge is 0.256 e. The Labute approximate surface area is 109 Å². The van der Waals surface area contributed by atoms with Crippen LogP contribution in [0.2, 0.25) is 0 Å². The third-order valence-corrected chi connectivity index (χ3v) is 2.62. The van der Waals surface area contributed by atoms with Crippen molar-refractivity contribution >= 4 is 17.3 Å². The summed E-state index contributed by atoms with van der Waals surface area (Å²) < 4.78 is 26.2. The molecule has 0 saturated heterocycles. The minimum atomic E-state index is -0.550. The molecular formula is C14H12F2N2O. The summed E-state index contributed by atoms with van der Waals surface area (Å²) in [6, 6.07) is 7.62. The summed E-state index contributed by atoms with van der Waals surface area (Å²) in [7, 11) is 0. The molecule has 3 N–H and O–H groups in total. The SMILES string of the molecule is Cc1ccc(F)cc1C(=O)Nc1cc(N)cc(F)c1. The number of carbonyl (C=O) groups excluding carboxylic acids is 1. The Balaban J connectivity index is 2.28. The lowest BCUT2D eigenvalue weighted by Gasteiger charge is -2.08. The second kappa shape index (κ2) is 5.06. The van der Waals surface area contributed by atoms with E-state index in [1.807, 2.05) is 0 Å². The highest BCUT2D eigenvalue weighted by atomic mass is 19.1. The molecule has 0 spiro atoms. The third kappa shape index (κ3) is 3.07. The number of rotatable bonds is 2. The van der Waals surface area contributed by atoms with E-state index in [0.717, 1.165) is 18.2 Å². The Kier molecular flexibility index (Phi) is 3.46. The lowest BCUT2D eigenvalue weighted by Crippen LogP contribution is -2.14. The molecule has 0 radical (unpaired) electrons. The molecule has 0 fully saturated rings. The normalized spacial score (nSPS) is 10.3. The molecule has 0 aliphatic carbocycles. The van der Waals surface area contributed by atoms with E-state index in [1.54, 1.807) is 6.92 Å². The third-order valence-electron chi connectivity index (χ3n) is 2.62. The molecule has 0 heterocycles. The Morgan fingerprint density at radius 3 is 2.53 bits per heavy atom. The van der Waals surface area contributed by atoms with Gasteiger partial charge < -0.3 is 11.1 Å². The average molecular weight is 262 g/mol. The molecule has 0 saturated carbocycles. The Bertz CT molecular complexity index is 621. The average Bonchev–Trinajstić information content (AvgIpc) is 2.30. The number of halogens is 2. The van der Waals surface area contributed by atoms with Gasteiger partial charge in [0.05, 0.1) is 0 Å². The summed E-state index contributed by atoms with van der Waals surface area (Å²) in [6.45, 7) is 1.69. The standard InChI is InChI=1S/C14H12F2N2O/c1-8-2-3-9(15)6-13(8)14(19)18-12-5-10(16)4-11(17)7-12/h2-7H,17H2,1H3,(H,18,19). The van der Waals surface area contributed by atoms with Crippen molar-refractivity contribution in [1.29, 1.82) is 0 Å². The number of hydrogen-bond acceptors (Lipinski definition) is 2. The molecule has 5 heteroatoms. The highest BCUT2D eigenvalue weighted by Gasteiger charge is 2.11. The first kappa shape index (κ1) is 13.0. The Hall–Kier alpha value is -2.43. The number of hydrogen-bond donors (Lipinski definition) is 2. The van der Waals surface area contributed by atoms with Gasteiger partial charge in [0.2, 0.25) is 0 Å². The van der Waals surface area contributed by atoms with Crippen molar-refractivity contribution in [2.75, 3.05) is 11.1 Å². The molecule has 2 aromatic carbocycles. The molecule has 0 aliphatic heterocycles. The van der Waals surface area contributed by atoms with Crippen LogP contribution in [0.5, 0.6) is 0 Å². The first-order valence-corrected chi connectivity index (χ1v) is 5.59. The zero-order chi connectivity index (χ0) is 14.0. The molecule has 0 aliphatic rings. The van der Waals surface area contributed by atoms with Gasteiger partial charge in [0.25, 0.3) is 5.91 Å². The van der Waals surface area contributed by atoms with Crippen LogP contribution in [0, 0.1) is 18.6 Å². The maximum Gasteiger partial charge on any atom is 0.256 e. The zero-order valence-corrected chi connectivity index (χ0v) is 10.2. The molecule has 0 aromatic heterocycles. The van der Waals surface area contributed by atoms with Crippen molar-refractivity contribution in [3.05, 3.63) is 59.2 Å². The number of aryl methyl sites for hydroxylation is 1.